The Bertz CT molecular complexity index is 1160. The third-order valence-electron chi connectivity index (χ3n) is 5.55. The summed E-state index contributed by atoms with van der Waals surface area (Å²) in [6, 6.07) is 13.5. The quantitative estimate of drug-likeness (QED) is 0.687. The SMILES string of the molecule is N#Cc1nc(-c2cccc(F)c2)oc1N1C[C@@H]2C[C@@H](C1)c1cccc(=O)n1C2. The lowest BCUT2D eigenvalue weighted by atomic mass is 9.83. The second-order valence-corrected chi connectivity index (χ2v) is 7.40. The zero-order valence-electron chi connectivity index (χ0n) is 15.0. The number of aromatic nitrogens is 2. The number of rotatable bonds is 2. The summed E-state index contributed by atoms with van der Waals surface area (Å²) in [6.45, 7) is 1.99. The number of oxazole rings is 1. The maximum absolute atomic E-state index is 13.6. The van der Waals surface area contributed by atoms with Crippen molar-refractivity contribution in [3.05, 3.63) is 70.0 Å². The van der Waals surface area contributed by atoms with Crippen molar-refractivity contribution in [2.75, 3.05) is 18.0 Å². The Labute approximate surface area is 160 Å². The van der Waals surface area contributed by atoms with Crippen molar-refractivity contribution in [2.24, 2.45) is 5.92 Å². The highest BCUT2D eigenvalue weighted by atomic mass is 19.1. The highest BCUT2D eigenvalue weighted by Gasteiger charge is 2.36. The molecule has 2 atom stereocenters. The lowest BCUT2D eigenvalue weighted by molar-refractivity contribution is 0.275. The lowest BCUT2D eigenvalue weighted by Gasteiger charge is -2.42. The molecule has 1 aromatic carbocycles. The van der Waals surface area contributed by atoms with Crippen molar-refractivity contribution < 1.29 is 8.81 Å². The lowest BCUT2D eigenvalue weighted by Crippen LogP contribution is -2.47. The first-order valence-electron chi connectivity index (χ1n) is 9.24. The van der Waals surface area contributed by atoms with Crippen LogP contribution in [-0.2, 0) is 6.54 Å². The van der Waals surface area contributed by atoms with E-state index in [2.05, 4.69) is 11.1 Å². The first-order valence-corrected chi connectivity index (χ1v) is 9.24. The number of hydrogen-bond acceptors (Lipinski definition) is 5. The summed E-state index contributed by atoms with van der Waals surface area (Å²) in [6.07, 6.45) is 1.01. The smallest absolute Gasteiger partial charge is 0.250 e. The van der Waals surface area contributed by atoms with Gasteiger partial charge in [0.15, 0.2) is 0 Å². The molecule has 6 nitrogen and oxygen atoms in total. The second kappa shape index (κ2) is 6.34. The Morgan fingerprint density at radius 1 is 1.18 bits per heavy atom. The molecule has 5 rings (SSSR count). The van der Waals surface area contributed by atoms with Gasteiger partial charge in [-0.3, -0.25) is 4.79 Å². The van der Waals surface area contributed by atoms with Gasteiger partial charge in [-0.05, 0) is 36.6 Å². The third-order valence-corrected chi connectivity index (χ3v) is 5.55. The van der Waals surface area contributed by atoms with Gasteiger partial charge in [0.25, 0.3) is 5.56 Å². The molecule has 28 heavy (non-hydrogen) atoms. The molecule has 1 saturated heterocycles. The molecule has 7 heteroatoms. The predicted octanol–water partition coefficient (Wildman–Crippen LogP) is 3.14. The first-order chi connectivity index (χ1) is 13.6. The Morgan fingerprint density at radius 3 is 2.86 bits per heavy atom. The summed E-state index contributed by atoms with van der Waals surface area (Å²) in [5.41, 5.74) is 1.75. The summed E-state index contributed by atoms with van der Waals surface area (Å²) < 4.78 is 21.3. The molecule has 0 spiro atoms. The van der Waals surface area contributed by atoms with E-state index in [-0.39, 0.29) is 28.9 Å². The molecule has 2 aliphatic rings. The van der Waals surface area contributed by atoms with Gasteiger partial charge >= 0.3 is 0 Å². The third kappa shape index (κ3) is 2.69. The Hall–Kier alpha value is -3.40. The van der Waals surface area contributed by atoms with Crippen molar-refractivity contribution in [1.82, 2.24) is 9.55 Å². The number of anilines is 1. The summed E-state index contributed by atoms with van der Waals surface area (Å²) in [4.78, 5) is 18.5. The van der Waals surface area contributed by atoms with Crippen molar-refractivity contribution in [3.8, 4) is 17.5 Å². The molecule has 140 valence electrons. The van der Waals surface area contributed by atoms with Crippen LogP contribution in [-0.4, -0.2) is 22.6 Å². The molecule has 2 aliphatic heterocycles. The topological polar surface area (TPSA) is 75.1 Å². The van der Waals surface area contributed by atoms with Crippen molar-refractivity contribution in [2.45, 2.75) is 18.9 Å². The molecule has 0 radical (unpaired) electrons. The van der Waals surface area contributed by atoms with Crippen LogP contribution in [0.2, 0.25) is 0 Å². The van der Waals surface area contributed by atoms with Crippen LogP contribution in [0.4, 0.5) is 10.3 Å². The molecule has 1 fully saturated rings. The average Bonchev–Trinajstić information content (AvgIpc) is 3.13. The molecular formula is C21H17FN4O2. The van der Waals surface area contributed by atoms with E-state index in [9.17, 15) is 14.4 Å². The van der Waals surface area contributed by atoms with Gasteiger partial charge in [-0.2, -0.15) is 10.2 Å². The number of fused-ring (bicyclic) bond motifs is 4. The van der Waals surface area contributed by atoms with E-state index in [1.165, 1.54) is 12.1 Å². The van der Waals surface area contributed by atoms with Crippen molar-refractivity contribution >= 4 is 5.88 Å². The number of nitrogens with zero attached hydrogens (tertiary/aromatic N) is 4. The van der Waals surface area contributed by atoms with Gasteiger partial charge in [-0.1, -0.05) is 12.1 Å². The first kappa shape index (κ1) is 16.8. The fourth-order valence-electron chi connectivity index (χ4n) is 4.41. The number of nitriles is 1. The van der Waals surface area contributed by atoms with E-state index < -0.39 is 0 Å². The van der Waals surface area contributed by atoms with E-state index in [1.54, 1.807) is 24.3 Å². The fraction of sp³-hybridized carbons (Fsp3) is 0.286. The zero-order valence-corrected chi connectivity index (χ0v) is 15.0. The van der Waals surface area contributed by atoms with Gasteiger partial charge in [-0.15, -0.1) is 0 Å². The number of pyridine rings is 1. The van der Waals surface area contributed by atoms with Gasteiger partial charge < -0.3 is 13.9 Å². The standard InChI is InChI=1S/C21H17FN4O2/c22-16-4-1-3-14(8-16)20-24-17(9-23)21(28-20)25-10-13-7-15(12-25)18-5-2-6-19(27)26(18)11-13/h1-6,8,13,15H,7,10-12H2/t13-,15-/m0/s1. The zero-order chi connectivity index (χ0) is 19.3. The monoisotopic (exact) mass is 376 g/mol. The van der Waals surface area contributed by atoms with Crippen LogP contribution in [0, 0.1) is 23.1 Å². The minimum atomic E-state index is -0.384. The summed E-state index contributed by atoms with van der Waals surface area (Å²) in [5, 5.41) is 9.54. The number of benzene rings is 1. The molecule has 2 bridgehead atoms. The van der Waals surface area contributed by atoms with E-state index in [0.29, 0.717) is 37.0 Å². The summed E-state index contributed by atoms with van der Waals surface area (Å²) in [7, 11) is 0. The van der Waals surface area contributed by atoms with Crippen LogP contribution >= 0.6 is 0 Å². The molecule has 0 saturated carbocycles. The molecule has 0 N–H and O–H groups in total. The molecule has 4 heterocycles. The minimum absolute atomic E-state index is 0.0337. The summed E-state index contributed by atoms with van der Waals surface area (Å²) in [5.74, 6) is 0.753. The average molecular weight is 376 g/mol. The number of piperidine rings is 1. The largest absolute Gasteiger partial charge is 0.419 e. The molecular weight excluding hydrogens is 359 g/mol. The van der Waals surface area contributed by atoms with E-state index in [0.717, 1.165) is 12.1 Å². The maximum atomic E-state index is 13.6. The highest BCUT2D eigenvalue weighted by molar-refractivity contribution is 5.60. The van der Waals surface area contributed by atoms with E-state index in [4.69, 9.17) is 4.42 Å². The minimum Gasteiger partial charge on any atom is -0.419 e. The Kier molecular flexibility index (Phi) is 3.79. The van der Waals surface area contributed by atoms with Gasteiger partial charge in [-0.25, -0.2) is 4.39 Å². The fourth-order valence-corrected chi connectivity index (χ4v) is 4.41. The maximum Gasteiger partial charge on any atom is 0.250 e. The van der Waals surface area contributed by atoms with Crippen LogP contribution in [0.1, 0.15) is 23.7 Å². The molecule has 0 amide bonds. The Morgan fingerprint density at radius 2 is 2.04 bits per heavy atom. The Balaban J connectivity index is 1.51. The van der Waals surface area contributed by atoms with E-state index in [1.807, 2.05) is 15.5 Å². The normalized spacial score (nSPS) is 20.5. The second-order valence-electron chi connectivity index (χ2n) is 7.40. The summed E-state index contributed by atoms with van der Waals surface area (Å²) >= 11 is 0. The molecule has 0 unspecified atom stereocenters. The highest BCUT2D eigenvalue weighted by Crippen LogP contribution is 2.38. The van der Waals surface area contributed by atoms with Gasteiger partial charge in [0.1, 0.15) is 11.9 Å². The molecule has 3 aromatic rings. The predicted molar refractivity (Wildman–Crippen MR) is 100 cm³/mol. The van der Waals surface area contributed by atoms with E-state index >= 15 is 0 Å². The van der Waals surface area contributed by atoms with Crippen LogP contribution in [0.15, 0.2) is 51.7 Å². The van der Waals surface area contributed by atoms with Gasteiger partial charge in [0.2, 0.25) is 17.5 Å². The van der Waals surface area contributed by atoms with Crippen LogP contribution in [0.3, 0.4) is 0 Å². The van der Waals surface area contributed by atoms with Crippen molar-refractivity contribution in [1.29, 1.82) is 5.26 Å². The van der Waals surface area contributed by atoms with Crippen LogP contribution in [0.5, 0.6) is 0 Å². The molecule has 0 aliphatic carbocycles. The number of hydrogen-bond donors (Lipinski definition) is 0. The van der Waals surface area contributed by atoms with Crippen molar-refractivity contribution in [3.63, 3.8) is 0 Å². The van der Waals surface area contributed by atoms with Gasteiger partial charge in [0.05, 0.1) is 0 Å². The number of halogens is 1. The van der Waals surface area contributed by atoms with Crippen LogP contribution < -0.4 is 10.5 Å². The van der Waals surface area contributed by atoms with Gasteiger partial charge in [0, 0.05) is 42.9 Å². The van der Waals surface area contributed by atoms with Crippen LogP contribution in [0.25, 0.3) is 11.5 Å². The molecule has 2 aromatic heterocycles.